The first-order valence-electron chi connectivity index (χ1n) is 42.1. The molecule has 3 aromatic carbocycles. The average molecular weight is 1810 g/mol. The van der Waals surface area contributed by atoms with Gasteiger partial charge in [-0.1, -0.05) is 62.7 Å². The van der Waals surface area contributed by atoms with Gasteiger partial charge in [0.15, 0.2) is 34.4 Å². The maximum absolute atomic E-state index is 14.0. The highest BCUT2D eigenvalue weighted by Crippen LogP contribution is 2.34. The van der Waals surface area contributed by atoms with Crippen LogP contribution in [0.3, 0.4) is 0 Å². The Morgan fingerprint density at radius 3 is 1.22 bits per heavy atom. The topological polar surface area (TPSA) is 402 Å². The highest BCUT2D eigenvalue weighted by atomic mass is 35.5. The summed E-state index contributed by atoms with van der Waals surface area (Å²) >= 11 is 10.3. The molecule has 15 heterocycles. The Morgan fingerprint density at radius 1 is 0.469 bits per heavy atom. The van der Waals surface area contributed by atoms with Crippen LogP contribution in [0.5, 0.6) is 0 Å². The second kappa shape index (κ2) is 40.2. The summed E-state index contributed by atoms with van der Waals surface area (Å²) in [6.45, 7) is 22.4. The molecule has 662 valence electrons. The largest absolute Gasteiger partial charge is 0.350 e. The summed E-state index contributed by atoms with van der Waals surface area (Å²) in [4.78, 5) is 94.0. The highest BCUT2D eigenvalue weighted by Gasteiger charge is 2.26. The molecule has 0 aliphatic carbocycles. The number of nitrogens with zero attached hydrogens (tertiary/aromatic N) is 23. The molecule has 3 aliphatic heterocycles. The number of nitrogens with one attached hydrogen (secondary N) is 6. The first-order valence-corrected chi connectivity index (χ1v) is 44.8. The van der Waals surface area contributed by atoms with Gasteiger partial charge in [-0.3, -0.25) is 76.6 Å². The van der Waals surface area contributed by atoms with Crippen LogP contribution in [0.15, 0.2) is 159 Å². The first-order chi connectivity index (χ1) is 61.9. The van der Waals surface area contributed by atoms with Crippen LogP contribution in [-0.4, -0.2) is 167 Å². The summed E-state index contributed by atoms with van der Waals surface area (Å²) in [5.74, 6) is 2.84. The number of rotatable bonds is 29. The number of piperidine rings is 3. The second-order valence-corrected chi connectivity index (χ2v) is 35.6. The van der Waals surface area contributed by atoms with E-state index in [4.69, 9.17) is 26.6 Å². The van der Waals surface area contributed by atoms with Gasteiger partial charge in [-0.15, -0.1) is 0 Å². The number of nitro benzene ring substituents is 2. The predicted octanol–water partition coefficient (Wildman–Crippen LogP) is 14.6. The van der Waals surface area contributed by atoms with Gasteiger partial charge in [0.05, 0.1) is 98.3 Å². The lowest BCUT2D eigenvalue weighted by molar-refractivity contribution is -0.385. The lowest BCUT2D eigenvalue weighted by Gasteiger charge is -2.30. The molecule has 0 spiro atoms. The molecule has 0 radical (unpaired) electrons. The Labute approximate surface area is 751 Å². The fourth-order valence-corrected chi connectivity index (χ4v) is 18.2. The van der Waals surface area contributed by atoms with Crippen LogP contribution < -0.4 is 31.9 Å². The zero-order valence-electron chi connectivity index (χ0n) is 71.2. The number of nitro groups is 2. The van der Waals surface area contributed by atoms with E-state index in [9.17, 15) is 39.0 Å². The van der Waals surface area contributed by atoms with E-state index in [2.05, 4.69) is 129 Å². The molecule has 12 aromatic heterocycles. The normalized spacial score (nSPS) is 15.6. The summed E-state index contributed by atoms with van der Waals surface area (Å²) in [5, 5.41) is 56.5. The van der Waals surface area contributed by atoms with Crippen molar-refractivity contribution < 1.29 is 28.6 Å². The Balaban J connectivity index is 0.000000141. The molecular weight excluding hydrogens is 1710 g/mol. The van der Waals surface area contributed by atoms with Crippen LogP contribution in [0.1, 0.15) is 110 Å². The highest BCUT2D eigenvalue weighted by molar-refractivity contribution is 7.10. The van der Waals surface area contributed by atoms with E-state index < -0.39 is 15.7 Å². The van der Waals surface area contributed by atoms with E-state index in [0.29, 0.717) is 40.0 Å². The molecule has 0 saturated carbocycles. The van der Waals surface area contributed by atoms with E-state index in [1.54, 1.807) is 95.5 Å². The number of carbonyl (C=O) groups excluding carboxylic acids is 3. The van der Waals surface area contributed by atoms with Crippen molar-refractivity contribution in [2.24, 2.45) is 17.8 Å². The summed E-state index contributed by atoms with van der Waals surface area (Å²) in [7, 11) is 0. The van der Waals surface area contributed by atoms with Gasteiger partial charge >= 0.3 is 0 Å². The van der Waals surface area contributed by atoms with E-state index in [1.807, 2.05) is 52.6 Å². The molecular formula is C87H95ClFN29O7S3. The molecule has 3 aliphatic rings. The van der Waals surface area contributed by atoms with Gasteiger partial charge in [0.1, 0.15) is 40.5 Å². The molecule has 3 unspecified atom stereocenters. The number of carbonyl (C=O) groups is 3. The summed E-state index contributed by atoms with van der Waals surface area (Å²) in [6, 6.07) is 23.0. The van der Waals surface area contributed by atoms with Gasteiger partial charge in [0.25, 0.3) is 11.4 Å². The van der Waals surface area contributed by atoms with Crippen molar-refractivity contribution in [1.29, 1.82) is 0 Å². The fourth-order valence-electron chi connectivity index (χ4n) is 16.0. The maximum atomic E-state index is 14.0. The van der Waals surface area contributed by atoms with Crippen molar-refractivity contribution in [3.05, 3.63) is 241 Å². The minimum Gasteiger partial charge on any atom is -0.350 e. The van der Waals surface area contributed by atoms with E-state index in [-0.39, 0.29) is 79.0 Å². The number of imidazole rings is 3. The van der Waals surface area contributed by atoms with Crippen molar-refractivity contribution in [3.63, 3.8) is 0 Å². The number of halogens is 2. The molecule has 15 aromatic rings. The van der Waals surface area contributed by atoms with Crippen LogP contribution in [0.4, 0.5) is 48.2 Å². The molecule has 3 atom stereocenters. The van der Waals surface area contributed by atoms with Crippen LogP contribution in [-0.2, 0) is 73.3 Å². The SMILES string of the molecule is Cc1cn2c(-c3cnn(CC(=O)NCc4c(F)cccc4Cl)c3)cnc2c(Nc2cc(CN3CCCC(C)C3)ns2)n1.Cc1cn2c(-c3cnn(CC(=O)NCc4ccc([N+](=O)[O-])cc4)c3)cnc2c(Nc2cc(CN3CCCC(C)C3)ns2)n1.Cc1cn2c(-c3cnn(CC(=O)NCc4cccc([N+](=O)[O-])c4)c3)cnc2c(Nc2cc(CN3CCCC(C)C3)ns2)n1. The zero-order valence-corrected chi connectivity index (χ0v) is 74.4. The third kappa shape index (κ3) is 22.4. The Hall–Kier alpha value is -13.3. The van der Waals surface area contributed by atoms with Crippen molar-refractivity contribution in [2.75, 3.05) is 55.2 Å². The van der Waals surface area contributed by atoms with E-state index in [1.165, 1.54) is 114 Å². The molecule has 3 fully saturated rings. The van der Waals surface area contributed by atoms with E-state index >= 15 is 0 Å². The minimum atomic E-state index is -0.460. The number of amides is 3. The molecule has 0 bridgehead atoms. The van der Waals surface area contributed by atoms with Gasteiger partial charge in [0, 0.05) is 148 Å². The second-order valence-electron chi connectivity index (χ2n) is 32.7. The number of aromatic nitrogens is 18. The predicted molar refractivity (Wildman–Crippen MR) is 487 cm³/mol. The standard InChI is InChI=1S/C29H31ClFN9OS.2C29H32N10O3S/c1-18-5-4-8-38(13-18)16-21-9-27(42-37-21)36-28-29-33-12-25(40(29)14-19(2)35-28)20-10-34-39(15-20)17-26(41)32-11-22-23(30)6-3-7-24(22)31;1-19-5-4-8-36(14-19)17-23-10-27(43-35-23)34-28-29-31-13-25(38(29)15-20(2)33-28)22-12-32-37(16-22)18-26(40)30-11-21-6-3-7-24(9-21)39(41)42;1-19-4-3-9-36(14-19)17-23-10-27(43-35-23)34-28-29-31-13-25(38(29)15-20(2)33-28)22-12-32-37(16-22)18-26(40)30-11-21-5-7-24(8-6-21)39(41)42/h3,6-7,9-10,12,14-15,18H,4-5,8,11,13,16-17H2,1-2H3,(H,32,41)(H,35,36);3,6-7,9-10,12-13,15-16,19H,4-5,8,11,14,17-18H2,1-2H3,(H,30,40)(H,33,34);5-8,10,12-13,15-16,19H,3-4,9,11,14,17-18H2,1-2H3,(H,30,40)(H,33,34). The third-order valence-electron chi connectivity index (χ3n) is 22.1. The number of hydrogen-bond acceptors (Lipinski definition) is 28. The minimum absolute atomic E-state index is 0.00308. The van der Waals surface area contributed by atoms with Crippen molar-refractivity contribution >= 4 is 125 Å². The van der Waals surface area contributed by atoms with Gasteiger partial charge in [-0.05, 0) is 173 Å². The third-order valence-corrected chi connectivity index (χ3v) is 24.7. The Kier molecular flexibility index (Phi) is 27.7. The summed E-state index contributed by atoms with van der Waals surface area (Å²) in [6.07, 6.45) is 29.1. The summed E-state index contributed by atoms with van der Waals surface area (Å²) < 4.78 is 38.6. The molecule has 3 amide bonds. The number of hydrogen-bond donors (Lipinski definition) is 6. The van der Waals surface area contributed by atoms with Crippen LogP contribution >= 0.6 is 46.2 Å². The zero-order chi connectivity index (χ0) is 89.1. The number of anilines is 6. The number of likely N-dealkylation sites (tertiary alicyclic amines) is 3. The smallest absolute Gasteiger partial charge is 0.269 e. The van der Waals surface area contributed by atoms with Gasteiger partial charge in [0.2, 0.25) is 17.7 Å². The van der Waals surface area contributed by atoms with Crippen LogP contribution in [0.2, 0.25) is 5.02 Å². The number of aryl methyl sites for hydroxylation is 3. The van der Waals surface area contributed by atoms with Crippen molar-refractivity contribution in [1.82, 2.24) is 116 Å². The molecule has 3 saturated heterocycles. The van der Waals surface area contributed by atoms with Gasteiger partial charge in [-0.25, -0.2) is 34.3 Å². The number of fused-ring (bicyclic) bond motifs is 3. The maximum Gasteiger partial charge on any atom is 0.269 e. The number of benzene rings is 3. The Morgan fingerprint density at radius 2 is 0.844 bits per heavy atom. The fraction of sp³-hybridized carbons (Fsp3) is 0.345. The first kappa shape index (κ1) is 88.2. The lowest BCUT2D eigenvalue weighted by atomic mass is 10.0. The quantitative estimate of drug-likeness (QED) is 0.0187. The van der Waals surface area contributed by atoms with E-state index in [0.717, 1.165) is 165 Å². The monoisotopic (exact) mass is 1810 g/mol. The van der Waals surface area contributed by atoms with Gasteiger partial charge < -0.3 is 31.9 Å². The average Bonchev–Trinajstić information content (AvgIpc) is 1.63. The van der Waals surface area contributed by atoms with Crippen molar-refractivity contribution in [3.8, 4) is 33.8 Å². The van der Waals surface area contributed by atoms with Crippen molar-refractivity contribution in [2.45, 2.75) is 139 Å². The Bertz CT molecular complexity index is 6470. The molecule has 18 rings (SSSR count). The van der Waals surface area contributed by atoms with Crippen LogP contribution in [0, 0.1) is 64.6 Å². The summed E-state index contributed by atoms with van der Waals surface area (Å²) in [5.41, 5.74) is 14.1. The molecule has 6 N–H and O–H groups in total. The van der Waals surface area contributed by atoms with Gasteiger partial charge in [-0.2, -0.15) is 28.4 Å². The molecule has 36 nitrogen and oxygen atoms in total. The molecule has 41 heteroatoms. The van der Waals surface area contributed by atoms with Crippen LogP contribution in [0.25, 0.3) is 50.7 Å². The number of non-ortho nitro benzene ring substituents is 2. The molecule has 128 heavy (non-hydrogen) atoms. The lowest BCUT2D eigenvalue weighted by Crippen LogP contribution is -2.33.